The molecule has 1 aromatic heterocycles. The Kier molecular flexibility index (Phi) is 5.49. The number of aromatic nitrogens is 1. The zero-order valence-electron chi connectivity index (χ0n) is 8.05. The van der Waals surface area contributed by atoms with Crippen LogP contribution in [0.15, 0.2) is 6.20 Å². The van der Waals surface area contributed by atoms with Crippen molar-refractivity contribution in [2.45, 2.75) is 40.0 Å². The average molecular weight is 252 g/mol. The Balaban J connectivity index is 0.00000121. The van der Waals surface area contributed by atoms with E-state index < -0.39 is 0 Å². The normalized spacial score (nSPS) is 9.58. The number of hydrogen-bond donors (Lipinski definition) is 1. The fraction of sp³-hybridized carbons (Fsp3) is 0.600. The Morgan fingerprint density at radius 2 is 1.75 bits per heavy atom. The van der Waals surface area contributed by atoms with Crippen LogP contribution in [0.3, 0.4) is 0 Å². The van der Waals surface area contributed by atoms with Crippen LogP contribution in [0.1, 0.15) is 37.6 Å². The van der Waals surface area contributed by atoms with Gasteiger partial charge in [-0.05, 0) is 30.4 Å². The quantitative estimate of drug-likeness (QED) is 0.796. The molecule has 0 aliphatic rings. The van der Waals surface area contributed by atoms with Crippen molar-refractivity contribution in [3.63, 3.8) is 0 Å². The maximum Gasteiger partial charge on any atom is 0.0179 e. The van der Waals surface area contributed by atoms with E-state index >= 15 is 0 Å². The van der Waals surface area contributed by atoms with Gasteiger partial charge in [0, 0.05) is 31.4 Å². The van der Waals surface area contributed by atoms with Gasteiger partial charge >= 0.3 is 0 Å². The standard InChI is InChI=1S/C10H17N.Ru/c1-4-8-7-11-10(6-3)9(8)5-2;/h7,11H,4-6H2,1-3H3;. The number of hydrogen-bond acceptors (Lipinski definition) is 0. The first-order valence-corrected chi connectivity index (χ1v) is 4.51. The Labute approximate surface area is 87.7 Å². The van der Waals surface area contributed by atoms with Crippen LogP contribution in [0.2, 0.25) is 0 Å². The third-order valence-electron chi connectivity index (χ3n) is 2.26. The molecule has 0 unspecified atom stereocenters. The predicted octanol–water partition coefficient (Wildman–Crippen LogP) is 2.70. The fourth-order valence-electron chi connectivity index (χ4n) is 1.61. The molecular formula is C10H17NRu. The molecular weight excluding hydrogens is 235 g/mol. The minimum atomic E-state index is 0. The van der Waals surface area contributed by atoms with Crippen molar-refractivity contribution < 1.29 is 19.5 Å². The molecule has 0 bridgehead atoms. The van der Waals surface area contributed by atoms with Crippen LogP contribution in [-0.2, 0) is 38.7 Å². The molecule has 0 amide bonds. The third-order valence-corrected chi connectivity index (χ3v) is 2.26. The Bertz CT molecular complexity index is 206. The molecule has 1 rings (SSSR count). The van der Waals surface area contributed by atoms with E-state index in [1.54, 1.807) is 0 Å². The minimum absolute atomic E-state index is 0. The molecule has 1 heterocycles. The number of aromatic amines is 1. The first-order chi connectivity index (χ1) is 5.33. The number of H-pyrrole nitrogens is 1. The van der Waals surface area contributed by atoms with Gasteiger partial charge in [0.15, 0.2) is 0 Å². The van der Waals surface area contributed by atoms with Crippen molar-refractivity contribution in [1.29, 1.82) is 0 Å². The number of aryl methyl sites for hydroxylation is 2. The van der Waals surface area contributed by atoms with Crippen LogP contribution in [0.4, 0.5) is 0 Å². The van der Waals surface area contributed by atoms with Gasteiger partial charge in [-0.1, -0.05) is 20.8 Å². The molecule has 0 aliphatic carbocycles. The Hall–Kier alpha value is -0.0966. The Morgan fingerprint density at radius 3 is 2.17 bits per heavy atom. The molecule has 12 heavy (non-hydrogen) atoms. The molecule has 1 N–H and O–H groups in total. The molecule has 1 aromatic rings. The maximum absolute atomic E-state index is 3.33. The summed E-state index contributed by atoms with van der Waals surface area (Å²) >= 11 is 0. The van der Waals surface area contributed by atoms with Crippen molar-refractivity contribution in [1.82, 2.24) is 4.98 Å². The summed E-state index contributed by atoms with van der Waals surface area (Å²) in [7, 11) is 0. The van der Waals surface area contributed by atoms with Crippen LogP contribution in [0, 0.1) is 0 Å². The molecule has 2 heteroatoms. The van der Waals surface area contributed by atoms with E-state index in [1.807, 2.05) is 0 Å². The maximum atomic E-state index is 3.33. The monoisotopic (exact) mass is 253 g/mol. The predicted molar refractivity (Wildman–Crippen MR) is 48.9 cm³/mol. The second-order valence-electron chi connectivity index (χ2n) is 2.83. The van der Waals surface area contributed by atoms with E-state index in [4.69, 9.17) is 0 Å². The molecule has 0 atom stereocenters. The largest absolute Gasteiger partial charge is 0.364 e. The molecule has 0 saturated carbocycles. The molecule has 70 valence electrons. The number of rotatable bonds is 3. The minimum Gasteiger partial charge on any atom is -0.364 e. The molecule has 0 aliphatic heterocycles. The van der Waals surface area contributed by atoms with E-state index in [0.29, 0.717) is 0 Å². The molecule has 0 aromatic carbocycles. The zero-order valence-corrected chi connectivity index (χ0v) is 9.79. The van der Waals surface area contributed by atoms with Crippen LogP contribution in [0.25, 0.3) is 0 Å². The van der Waals surface area contributed by atoms with Crippen molar-refractivity contribution in [2.75, 3.05) is 0 Å². The average Bonchev–Trinajstić information content (AvgIpc) is 2.45. The molecule has 0 radical (unpaired) electrons. The third kappa shape index (κ3) is 2.20. The van der Waals surface area contributed by atoms with Crippen molar-refractivity contribution >= 4 is 0 Å². The SMILES string of the molecule is CCc1c[nH]c(CC)c1CC.[Ru]. The van der Waals surface area contributed by atoms with Crippen LogP contribution in [-0.4, -0.2) is 4.98 Å². The van der Waals surface area contributed by atoms with E-state index in [2.05, 4.69) is 32.0 Å². The van der Waals surface area contributed by atoms with Gasteiger partial charge in [-0.25, -0.2) is 0 Å². The van der Waals surface area contributed by atoms with E-state index in [1.165, 1.54) is 16.8 Å². The smallest absolute Gasteiger partial charge is 0.0179 e. The van der Waals surface area contributed by atoms with Gasteiger partial charge in [0.25, 0.3) is 0 Å². The summed E-state index contributed by atoms with van der Waals surface area (Å²) in [5.74, 6) is 0. The summed E-state index contributed by atoms with van der Waals surface area (Å²) in [5.41, 5.74) is 4.45. The van der Waals surface area contributed by atoms with Crippen molar-refractivity contribution in [3.05, 3.63) is 23.0 Å². The van der Waals surface area contributed by atoms with E-state index in [0.717, 1.165) is 19.3 Å². The van der Waals surface area contributed by atoms with E-state index in [9.17, 15) is 0 Å². The summed E-state index contributed by atoms with van der Waals surface area (Å²) in [4.78, 5) is 3.33. The molecule has 0 fully saturated rings. The summed E-state index contributed by atoms with van der Waals surface area (Å²) in [6.07, 6.45) is 5.59. The molecule has 0 saturated heterocycles. The van der Waals surface area contributed by atoms with Crippen LogP contribution in [0.5, 0.6) is 0 Å². The van der Waals surface area contributed by atoms with Gasteiger partial charge in [-0.15, -0.1) is 0 Å². The van der Waals surface area contributed by atoms with Gasteiger partial charge in [-0.2, -0.15) is 0 Å². The summed E-state index contributed by atoms with van der Waals surface area (Å²) in [5, 5.41) is 0. The number of nitrogens with one attached hydrogen (secondary N) is 1. The second kappa shape index (κ2) is 5.53. The molecule has 1 nitrogen and oxygen atoms in total. The van der Waals surface area contributed by atoms with Gasteiger partial charge in [0.2, 0.25) is 0 Å². The van der Waals surface area contributed by atoms with Gasteiger partial charge < -0.3 is 4.98 Å². The van der Waals surface area contributed by atoms with Gasteiger partial charge in [0.1, 0.15) is 0 Å². The van der Waals surface area contributed by atoms with Crippen LogP contribution < -0.4 is 0 Å². The van der Waals surface area contributed by atoms with Gasteiger partial charge in [0.05, 0.1) is 0 Å². The first kappa shape index (κ1) is 11.9. The van der Waals surface area contributed by atoms with Gasteiger partial charge in [-0.3, -0.25) is 0 Å². The summed E-state index contributed by atoms with van der Waals surface area (Å²) in [6, 6.07) is 0. The molecule has 0 spiro atoms. The van der Waals surface area contributed by atoms with Crippen molar-refractivity contribution in [2.24, 2.45) is 0 Å². The first-order valence-electron chi connectivity index (χ1n) is 4.51. The summed E-state index contributed by atoms with van der Waals surface area (Å²) in [6.45, 7) is 6.63. The van der Waals surface area contributed by atoms with Crippen molar-refractivity contribution in [3.8, 4) is 0 Å². The Morgan fingerprint density at radius 1 is 1.08 bits per heavy atom. The fourth-order valence-corrected chi connectivity index (χ4v) is 1.61. The second-order valence-corrected chi connectivity index (χ2v) is 2.83. The summed E-state index contributed by atoms with van der Waals surface area (Å²) < 4.78 is 0. The van der Waals surface area contributed by atoms with E-state index in [-0.39, 0.29) is 19.5 Å². The zero-order chi connectivity index (χ0) is 8.27. The van der Waals surface area contributed by atoms with Crippen LogP contribution >= 0.6 is 0 Å². The topological polar surface area (TPSA) is 15.8 Å².